The molecule has 2 amide bonds. The van der Waals surface area contributed by atoms with E-state index >= 15 is 0 Å². The van der Waals surface area contributed by atoms with E-state index in [4.69, 9.17) is 4.98 Å². The van der Waals surface area contributed by atoms with Crippen molar-refractivity contribution in [3.63, 3.8) is 0 Å². The summed E-state index contributed by atoms with van der Waals surface area (Å²) in [6, 6.07) is 9.75. The summed E-state index contributed by atoms with van der Waals surface area (Å²) in [6.45, 7) is 0. The lowest BCUT2D eigenvalue weighted by Gasteiger charge is -2.41. The van der Waals surface area contributed by atoms with Gasteiger partial charge in [0.05, 0.1) is 16.6 Å². The van der Waals surface area contributed by atoms with Crippen molar-refractivity contribution in [2.24, 2.45) is 0 Å². The molecule has 6 heteroatoms. The van der Waals surface area contributed by atoms with E-state index in [1.165, 1.54) is 18.6 Å². The molecule has 2 saturated carbocycles. The SMILES string of the molecule is O=CNC1(c2ccc(C3(C(=O)Nc4ccc(F)cc4)CCC3)cn2)CCCCC1. The van der Waals surface area contributed by atoms with Crippen molar-refractivity contribution >= 4 is 18.0 Å². The molecule has 1 aromatic heterocycles. The lowest BCUT2D eigenvalue weighted by molar-refractivity contribution is -0.124. The summed E-state index contributed by atoms with van der Waals surface area (Å²) in [6.07, 6.45) is 10.1. The number of aromatic nitrogens is 1. The maximum absolute atomic E-state index is 13.1. The van der Waals surface area contributed by atoms with E-state index < -0.39 is 11.0 Å². The first-order valence-corrected chi connectivity index (χ1v) is 10.3. The van der Waals surface area contributed by atoms with E-state index in [-0.39, 0.29) is 11.7 Å². The van der Waals surface area contributed by atoms with Gasteiger partial charge in [-0.05, 0) is 61.6 Å². The number of anilines is 1. The monoisotopic (exact) mass is 395 g/mol. The molecule has 1 heterocycles. The number of hydrogen-bond acceptors (Lipinski definition) is 3. The van der Waals surface area contributed by atoms with Crippen LogP contribution >= 0.6 is 0 Å². The lowest BCUT2D eigenvalue weighted by Crippen LogP contribution is -2.46. The zero-order valence-corrected chi connectivity index (χ0v) is 16.4. The van der Waals surface area contributed by atoms with Crippen LogP contribution in [0, 0.1) is 5.82 Å². The number of nitrogens with zero attached hydrogens (tertiary/aromatic N) is 1. The van der Waals surface area contributed by atoms with Crippen molar-refractivity contribution in [3.05, 3.63) is 59.7 Å². The molecule has 0 unspecified atom stereocenters. The number of pyridine rings is 1. The Morgan fingerprint density at radius 1 is 0.966 bits per heavy atom. The molecule has 0 bridgehead atoms. The second-order valence-electron chi connectivity index (χ2n) is 8.23. The number of carbonyl (C=O) groups excluding carboxylic acids is 2. The number of hydrogen-bond donors (Lipinski definition) is 2. The maximum atomic E-state index is 13.1. The highest BCUT2D eigenvalue weighted by molar-refractivity contribution is 5.99. The molecule has 1 aromatic carbocycles. The molecule has 2 N–H and O–H groups in total. The zero-order valence-electron chi connectivity index (χ0n) is 16.4. The highest BCUT2D eigenvalue weighted by Crippen LogP contribution is 2.45. The van der Waals surface area contributed by atoms with E-state index in [0.29, 0.717) is 5.69 Å². The molecule has 29 heavy (non-hydrogen) atoms. The van der Waals surface area contributed by atoms with Crippen LogP contribution in [0.2, 0.25) is 0 Å². The molecule has 0 radical (unpaired) electrons. The predicted octanol–water partition coefficient (Wildman–Crippen LogP) is 4.19. The molecule has 0 aliphatic heterocycles. The average molecular weight is 395 g/mol. The molecule has 5 nitrogen and oxygen atoms in total. The summed E-state index contributed by atoms with van der Waals surface area (Å²) in [4.78, 5) is 29.0. The fraction of sp³-hybridized carbons (Fsp3) is 0.435. The number of amides is 2. The normalized spacial score (nSPS) is 19.6. The van der Waals surface area contributed by atoms with Crippen LogP contribution in [0.5, 0.6) is 0 Å². The Bertz CT molecular complexity index is 870. The Labute approximate surface area is 170 Å². The molecule has 0 saturated heterocycles. The van der Waals surface area contributed by atoms with Gasteiger partial charge in [-0.15, -0.1) is 0 Å². The van der Waals surface area contributed by atoms with Crippen LogP contribution in [0.25, 0.3) is 0 Å². The molecule has 2 aliphatic carbocycles. The van der Waals surface area contributed by atoms with Crippen molar-refractivity contribution in [3.8, 4) is 0 Å². The van der Waals surface area contributed by atoms with Gasteiger partial charge in [0.1, 0.15) is 5.82 Å². The molecular formula is C23H26FN3O2. The topological polar surface area (TPSA) is 71.1 Å². The van der Waals surface area contributed by atoms with Gasteiger partial charge in [-0.2, -0.15) is 0 Å². The molecule has 2 fully saturated rings. The van der Waals surface area contributed by atoms with Crippen molar-refractivity contribution in [2.45, 2.75) is 62.3 Å². The molecule has 4 rings (SSSR count). The van der Waals surface area contributed by atoms with Gasteiger partial charge in [-0.3, -0.25) is 14.6 Å². The van der Waals surface area contributed by atoms with E-state index in [1.807, 2.05) is 12.1 Å². The number of rotatable bonds is 6. The summed E-state index contributed by atoms with van der Waals surface area (Å²) < 4.78 is 13.1. The van der Waals surface area contributed by atoms with Gasteiger partial charge in [0.2, 0.25) is 12.3 Å². The first-order valence-electron chi connectivity index (χ1n) is 10.3. The summed E-state index contributed by atoms with van der Waals surface area (Å²) >= 11 is 0. The smallest absolute Gasteiger partial charge is 0.235 e. The first kappa shape index (κ1) is 19.6. The van der Waals surface area contributed by atoms with Gasteiger partial charge in [-0.1, -0.05) is 31.7 Å². The standard InChI is InChI=1S/C23H26FN3O2/c24-18-6-8-19(9-7-18)27-21(29)22(11-4-12-22)17-5-10-20(25-15-17)23(26-16-28)13-2-1-3-14-23/h5-10,15-16H,1-4,11-14H2,(H,26,28)(H,27,29). The third-order valence-electron chi connectivity index (χ3n) is 6.59. The lowest BCUT2D eigenvalue weighted by atomic mass is 9.64. The largest absolute Gasteiger partial charge is 0.348 e. The average Bonchev–Trinajstić information content (AvgIpc) is 2.70. The fourth-order valence-corrected chi connectivity index (χ4v) is 4.66. The molecular weight excluding hydrogens is 369 g/mol. The Morgan fingerprint density at radius 2 is 1.69 bits per heavy atom. The number of nitrogens with one attached hydrogen (secondary N) is 2. The van der Waals surface area contributed by atoms with Gasteiger partial charge in [-0.25, -0.2) is 4.39 Å². The molecule has 0 atom stereocenters. The van der Waals surface area contributed by atoms with Crippen LogP contribution < -0.4 is 10.6 Å². The van der Waals surface area contributed by atoms with Crippen LogP contribution in [-0.4, -0.2) is 17.3 Å². The van der Waals surface area contributed by atoms with Crippen molar-refractivity contribution in [1.82, 2.24) is 10.3 Å². The Kier molecular flexibility index (Phi) is 5.35. The van der Waals surface area contributed by atoms with E-state index in [0.717, 1.165) is 62.6 Å². The quantitative estimate of drug-likeness (QED) is 0.721. The van der Waals surface area contributed by atoms with E-state index in [1.54, 1.807) is 18.3 Å². The number of benzene rings is 1. The van der Waals surface area contributed by atoms with Crippen LogP contribution in [-0.2, 0) is 20.5 Å². The highest BCUT2D eigenvalue weighted by Gasteiger charge is 2.46. The van der Waals surface area contributed by atoms with Crippen molar-refractivity contribution in [2.75, 3.05) is 5.32 Å². The van der Waals surface area contributed by atoms with E-state index in [9.17, 15) is 14.0 Å². The molecule has 2 aliphatic rings. The molecule has 2 aromatic rings. The minimum atomic E-state index is -0.599. The van der Waals surface area contributed by atoms with Crippen molar-refractivity contribution in [1.29, 1.82) is 0 Å². The van der Waals surface area contributed by atoms with Gasteiger partial charge in [0.25, 0.3) is 0 Å². The van der Waals surface area contributed by atoms with Crippen LogP contribution in [0.3, 0.4) is 0 Å². The van der Waals surface area contributed by atoms with Gasteiger partial charge in [0, 0.05) is 11.9 Å². The van der Waals surface area contributed by atoms with Crippen LogP contribution in [0.1, 0.15) is 62.6 Å². The summed E-state index contributed by atoms with van der Waals surface area (Å²) in [5, 5.41) is 5.93. The second kappa shape index (κ2) is 7.93. The number of carbonyl (C=O) groups is 2. The third kappa shape index (κ3) is 3.63. The Balaban J connectivity index is 1.56. The minimum Gasteiger partial charge on any atom is -0.348 e. The summed E-state index contributed by atoms with van der Waals surface area (Å²) in [7, 11) is 0. The van der Waals surface area contributed by atoms with Crippen LogP contribution in [0.4, 0.5) is 10.1 Å². The zero-order chi connectivity index (χ0) is 20.3. The minimum absolute atomic E-state index is 0.0803. The number of halogens is 1. The predicted molar refractivity (Wildman–Crippen MR) is 109 cm³/mol. The fourth-order valence-electron chi connectivity index (χ4n) is 4.66. The van der Waals surface area contributed by atoms with Gasteiger partial charge < -0.3 is 10.6 Å². The Hall–Kier alpha value is -2.76. The van der Waals surface area contributed by atoms with Gasteiger partial charge >= 0.3 is 0 Å². The highest BCUT2D eigenvalue weighted by atomic mass is 19.1. The summed E-state index contributed by atoms with van der Waals surface area (Å²) in [5.41, 5.74) is 1.34. The van der Waals surface area contributed by atoms with Crippen molar-refractivity contribution < 1.29 is 14.0 Å². The third-order valence-corrected chi connectivity index (χ3v) is 6.59. The van der Waals surface area contributed by atoms with E-state index in [2.05, 4.69) is 10.6 Å². The second-order valence-corrected chi connectivity index (χ2v) is 8.23. The van der Waals surface area contributed by atoms with Gasteiger partial charge in [0.15, 0.2) is 0 Å². The Morgan fingerprint density at radius 3 is 2.24 bits per heavy atom. The summed E-state index contributed by atoms with van der Waals surface area (Å²) in [5.74, 6) is -0.412. The van der Waals surface area contributed by atoms with Crippen LogP contribution in [0.15, 0.2) is 42.6 Å². The maximum Gasteiger partial charge on any atom is 0.235 e. The molecule has 0 spiro atoms. The first-order chi connectivity index (χ1) is 14.1. The molecule has 152 valence electrons.